The molecule has 7 nitrogen and oxygen atoms in total. The zero-order valence-electron chi connectivity index (χ0n) is 20.5. The summed E-state index contributed by atoms with van der Waals surface area (Å²) in [7, 11) is 0. The number of aryl methyl sites for hydroxylation is 1. The lowest BCUT2D eigenvalue weighted by Crippen LogP contribution is -2.55. The predicted molar refractivity (Wildman–Crippen MR) is 133 cm³/mol. The van der Waals surface area contributed by atoms with Crippen LogP contribution in [-0.2, 0) is 16.1 Å². The topological polar surface area (TPSA) is 99.1 Å². The van der Waals surface area contributed by atoms with Crippen LogP contribution in [0.2, 0.25) is 0 Å². The first-order chi connectivity index (χ1) is 16.8. The van der Waals surface area contributed by atoms with Crippen molar-refractivity contribution in [1.82, 2.24) is 10.2 Å². The van der Waals surface area contributed by atoms with Crippen molar-refractivity contribution < 1.29 is 24.5 Å². The minimum atomic E-state index is -1.02. The molecule has 1 aliphatic heterocycles. The van der Waals surface area contributed by atoms with E-state index in [1.54, 1.807) is 11.0 Å². The number of carbonyl (C=O) groups is 2. The van der Waals surface area contributed by atoms with Gasteiger partial charge in [-0.15, -0.1) is 0 Å². The second-order valence-electron chi connectivity index (χ2n) is 9.79. The molecule has 4 rings (SSSR count). The van der Waals surface area contributed by atoms with Crippen LogP contribution in [0.1, 0.15) is 42.9 Å². The van der Waals surface area contributed by atoms with Gasteiger partial charge < -0.3 is 25.2 Å². The summed E-state index contributed by atoms with van der Waals surface area (Å²) in [6, 6.07) is 14.6. The van der Waals surface area contributed by atoms with Crippen molar-refractivity contribution in [2.75, 3.05) is 13.2 Å². The van der Waals surface area contributed by atoms with E-state index in [-0.39, 0.29) is 30.9 Å². The van der Waals surface area contributed by atoms with Gasteiger partial charge in [0.2, 0.25) is 11.8 Å². The van der Waals surface area contributed by atoms with Gasteiger partial charge in [0.15, 0.2) is 0 Å². The van der Waals surface area contributed by atoms with E-state index in [9.17, 15) is 19.8 Å². The summed E-state index contributed by atoms with van der Waals surface area (Å²) in [6.07, 6.45) is 0.314. The molecule has 4 unspecified atom stereocenters. The molecule has 186 valence electrons. The summed E-state index contributed by atoms with van der Waals surface area (Å²) in [5.74, 6) is -0.123. The lowest BCUT2D eigenvalue weighted by molar-refractivity contribution is -0.138. The molecule has 0 fully saturated rings. The number of ether oxygens (including phenoxy) is 1. The first-order valence-corrected chi connectivity index (χ1v) is 12.2. The Morgan fingerprint density at radius 2 is 1.83 bits per heavy atom. The molecule has 0 aromatic heterocycles. The second kappa shape index (κ2) is 10.6. The van der Waals surface area contributed by atoms with Crippen LogP contribution in [0.25, 0.3) is 0 Å². The number of fused-ring (bicyclic) bond motifs is 3. The molecular formula is C28H34N2O5. The van der Waals surface area contributed by atoms with Crippen LogP contribution in [0, 0.1) is 12.8 Å². The van der Waals surface area contributed by atoms with E-state index >= 15 is 0 Å². The van der Waals surface area contributed by atoms with E-state index in [1.165, 1.54) is 0 Å². The summed E-state index contributed by atoms with van der Waals surface area (Å²) in [4.78, 5) is 28.3. The summed E-state index contributed by atoms with van der Waals surface area (Å²) < 4.78 is 6.16. The van der Waals surface area contributed by atoms with Gasteiger partial charge in [0.1, 0.15) is 18.0 Å². The molecule has 0 bridgehead atoms. The monoisotopic (exact) mass is 478 g/mol. The Morgan fingerprint density at radius 1 is 1.11 bits per heavy atom. The number of nitrogens with zero attached hydrogens (tertiary/aromatic N) is 1. The minimum Gasteiger partial charge on any atom is -0.486 e. The fourth-order valence-electron chi connectivity index (χ4n) is 4.91. The molecule has 2 aromatic carbocycles. The van der Waals surface area contributed by atoms with Crippen molar-refractivity contribution >= 4 is 11.8 Å². The average Bonchev–Trinajstić information content (AvgIpc) is 3.22. The Balaban J connectivity index is 1.75. The largest absolute Gasteiger partial charge is 0.486 e. The van der Waals surface area contributed by atoms with E-state index in [0.29, 0.717) is 24.3 Å². The highest BCUT2D eigenvalue weighted by Gasteiger charge is 2.50. The van der Waals surface area contributed by atoms with Gasteiger partial charge in [-0.3, -0.25) is 9.59 Å². The maximum Gasteiger partial charge on any atom is 0.247 e. The van der Waals surface area contributed by atoms with Crippen LogP contribution >= 0.6 is 0 Å². The zero-order valence-corrected chi connectivity index (χ0v) is 20.5. The number of para-hydroxylation sites is 1. The zero-order chi connectivity index (χ0) is 25.1. The molecule has 0 radical (unpaired) electrons. The Hall–Kier alpha value is -3.16. The van der Waals surface area contributed by atoms with E-state index in [1.807, 2.05) is 69.3 Å². The second-order valence-corrected chi connectivity index (χ2v) is 9.79. The smallest absolute Gasteiger partial charge is 0.247 e. The summed E-state index contributed by atoms with van der Waals surface area (Å²) in [5.41, 5.74) is 3.33. The fraction of sp³-hybridized carbons (Fsp3) is 0.429. The first-order valence-electron chi connectivity index (χ1n) is 12.2. The number of carbonyl (C=O) groups excluding carboxylic acids is 2. The molecule has 3 N–H and O–H groups in total. The molecule has 1 heterocycles. The maximum atomic E-state index is 13.4. The number of rotatable bonds is 8. The van der Waals surface area contributed by atoms with Gasteiger partial charge in [0.05, 0.1) is 18.6 Å². The van der Waals surface area contributed by atoms with Crippen LogP contribution in [0.3, 0.4) is 0 Å². The van der Waals surface area contributed by atoms with Crippen molar-refractivity contribution in [3.8, 4) is 5.75 Å². The highest BCUT2D eigenvalue weighted by molar-refractivity contribution is 5.96. The molecular weight excluding hydrogens is 444 g/mol. The van der Waals surface area contributed by atoms with Gasteiger partial charge >= 0.3 is 0 Å². The normalized spacial score (nSPS) is 22.6. The van der Waals surface area contributed by atoms with Crippen LogP contribution in [0.15, 0.2) is 60.2 Å². The number of amides is 2. The molecule has 4 atom stereocenters. The number of nitrogens with one attached hydrogen (secondary N) is 1. The molecule has 35 heavy (non-hydrogen) atoms. The van der Waals surface area contributed by atoms with Gasteiger partial charge in [-0.2, -0.15) is 0 Å². The third-order valence-electron chi connectivity index (χ3n) is 6.61. The van der Waals surface area contributed by atoms with E-state index < -0.39 is 24.2 Å². The lowest BCUT2D eigenvalue weighted by Gasteiger charge is -2.41. The molecule has 7 heteroatoms. The molecule has 0 spiro atoms. The Bertz CT molecular complexity index is 1090. The fourth-order valence-corrected chi connectivity index (χ4v) is 4.91. The molecule has 0 saturated carbocycles. The van der Waals surface area contributed by atoms with Gasteiger partial charge in [0.25, 0.3) is 0 Å². The number of benzene rings is 2. The van der Waals surface area contributed by atoms with Crippen LogP contribution in [0.5, 0.6) is 5.75 Å². The van der Waals surface area contributed by atoms with Crippen molar-refractivity contribution in [2.45, 2.75) is 57.9 Å². The van der Waals surface area contributed by atoms with E-state index in [2.05, 4.69) is 5.32 Å². The predicted octanol–water partition coefficient (Wildman–Crippen LogP) is 2.69. The molecule has 0 saturated heterocycles. The summed E-state index contributed by atoms with van der Waals surface area (Å²) in [6.45, 7) is 6.21. The third kappa shape index (κ3) is 5.26. The summed E-state index contributed by atoms with van der Waals surface area (Å²) in [5, 5.41) is 23.5. The molecule has 2 aromatic rings. The van der Waals surface area contributed by atoms with Crippen LogP contribution < -0.4 is 10.1 Å². The highest BCUT2D eigenvalue weighted by Crippen LogP contribution is 2.47. The molecule has 1 aliphatic carbocycles. The number of aliphatic hydroxyl groups excluding tert-OH is 2. The molecule has 2 aliphatic rings. The Labute approximate surface area is 206 Å². The van der Waals surface area contributed by atoms with Gasteiger partial charge in [-0.25, -0.2) is 0 Å². The average molecular weight is 479 g/mol. The van der Waals surface area contributed by atoms with Crippen LogP contribution in [0.4, 0.5) is 0 Å². The first kappa shape index (κ1) is 24.9. The number of hydrogen-bond acceptors (Lipinski definition) is 5. The van der Waals surface area contributed by atoms with Crippen molar-refractivity contribution in [3.63, 3.8) is 0 Å². The Kier molecular flexibility index (Phi) is 7.57. The third-order valence-corrected chi connectivity index (χ3v) is 6.61. The number of hydrogen-bond donors (Lipinski definition) is 3. The maximum absolute atomic E-state index is 13.4. The van der Waals surface area contributed by atoms with Crippen molar-refractivity contribution in [2.24, 2.45) is 5.92 Å². The SMILES string of the molecule is Cc1ccc(CN(C(=O)CC(C)C)C2C=C(C(=O)NCCO)C3c4ccccc4OC3C2O)cc1. The highest BCUT2D eigenvalue weighted by atomic mass is 16.5. The standard InChI is InChI=1S/C28H34N2O5/c1-17(2)14-24(32)30(16-19-10-8-18(3)9-11-19)22-15-21(28(34)29-12-13-31)25-20-6-4-5-7-23(20)35-27(25)26(22)33/h4-11,15,17,22,25-27,31,33H,12-14,16H2,1-3H3,(H,29,34). The molecule has 2 amide bonds. The van der Waals surface area contributed by atoms with Gasteiger partial charge in [0, 0.05) is 30.6 Å². The minimum absolute atomic E-state index is 0.0926. The van der Waals surface area contributed by atoms with E-state index in [4.69, 9.17) is 4.74 Å². The van der Waals surface area contributed by atoms with E-state index in [0.717, 1.165) is 16.7 Å². The van der Waals surface area contributed by atoms with Crippen molar-refractivity contribution in [3.05, 3.63) is 76.9 Å². The van der Waals surface area contributed by atoms with Gasteiger partial charge in [-0.1, -0.05) is 61.9 Å². The van der Waals surface area contributed by atoms with Crippen LogP contribution in [-0.4, -0.2) is 58.3 Å². The summed E-state index contributed by atoms with van der Waals surface area (Å²) >= 11 is 0. The van der Waals surface area contributed by atoms with Gasteiger partial charge in [-0.05, 0) is 30.5 Å². The lowest BCUT2D eigenvalue weighted by atomic mass is 9.77. The van der Waals surface area contributed by atoms with Crippen molar-refractivity contribution in [1.29, 1.82) is 0 Å². The quantitative estimate of drug-likeness (QED) is 0.542. The number of aliphatic hydroxyl groups is 2. The Morgan fingerprint density at radius 3 is 2.51 bits per heavy atom.